The average molecular weight is 1060 g/mol. The van der Waals surface area contributed by atoms with Crippen LogP contribution in [0.3, 0.4) is 0 Å². The first kappa shape index (κ1) is 56.5. The van der Waals surface area contributed by atoms with Gasteiger partial charge in [0.15, 0.2) is 0 Å². The molecule has 0 aromatic heterocycles. The van der Waals surface area contributed by atoms with Gasteiger partial charge in [-0.1, -0.05) is 138 Å². The van der Waals surface area contributed by atoms with E-state index in [1.54, 1.807) is 49.9 Å². The predicted molar refractivity (Wildman–Crippen MR) is 279 cm³/mol. The van der Waals surface area contributed by atoms with Crippen LogP contribution in [-0.2, 0) is 61.5 Å². The first-order chi connectivity index (χ1) is 31.5. The van der Waals surface area contributed by atoms with Crippen molar-refractivity contribution < 1.29 is 39.3 Å². The maximum absolute atomic E-state index is 13.4. The summed E-state index contributed by atoms with van der Waals surface area (Å²) in [7, 11) is 3.56. The molecule has 8 nitrogen and oxygen atoms in total. The molecule has 346 valence electrons. The molecule has 0 saturated carbocycles. The molecule has 2 unspecified atom stereocenters. The SMILES string of the molecule is C.CCc1cccc(CC2N=C(c3ccc(CO)cc3)c3cc(Cl)ccc3N(C)C2=O)c1.CN1C(=O)C(Cc2cccc(Br)c2)N=C(c2ccc(CO)cc2)c2cc(Cl)ccc21.[CH2-]C.[CH2-]C.[Zn+2]. The van der Waals surface area contributed by atoms with Crippen LogP contribution in [-0.4, -0.2) is 59.6 Å². The molecule has 2 aliphatic heterocycles. The van der Waals surface area contributed by atoms with E-state index in [4.69, 9.17) is 33.2 Å². The minimum absolute atomic E-state index is 0. The van der Waals surface area contributed by atoms with Gasteiger partial charge in [0.05, 0.1) is 36.0 Å². The van der Waals surface area contributed by atoms with Crippen molar-refractivity contribution in [2.75, 3.05) is 23.9 Å². The molecular weight excluding hydrogens is 997 g/mol. The summed E-state index contributed by atoms with van der Waals surface area (Å²) in [5.74, 6) is -0.118. The van der Waals surface area contributed by atoms with Crippen molar-refractivity contribution in [1.82, 2.24) is 0 Å². The van der Waals surface area contributed by atoms with Crippen LogP contribution in [0.1, 0.15) is 78.3 Å². The summed E-state index contributed by atoms with van der Waals surface area (Å²) in [4.78, 5) is 39.9. The van der Waals surface area contributed by atoms with E-state index in [2.05, 4.69) is 48.8 Å². The van der Waals surface area contributed by atoms with Gasteiger partial charge in [-0.25, -0.2) is 0 Å². The second-order valence-corrected chi connectivity index (χ2v) is 16.8. The van der Waals surface area contributed by atoms with E-state index >= 15 is 0 Å². The smallest absolute Gasteiger partial charge is 0.392 e. The molecule has 0 spiro atoms. The van der Waals surface area contributed by atoms with E-state index in [-0.39, 0.29) is 51.9 Å². The summed E-state index contributed by atoms with van der Waals surface area (Å²) < 4.78 is 0.966. The molecule has 2 aliphatic rings. The molecular formula is C55H59BrCl2N4O4Zn. The molecule has 2 heterocycles. The average Bonchev–Trinajstić information content (AvgIpc) is 3.50. The Labute approximate surface area is 428 Å². The molecule has 67 heavy (non-hydrogen) atoms. The number of likely N-dealkylation sites (N-methyl/N-ethyl adjacent to an activating group) is 2. The molecule has 0 bridgehead atoms. The van der Waals surface area contributed by atoms with Gasteiger partial charge in [0.25, 0.3) is 11.8 Å². The molecule has 0 fully saturated rings. The Morgan fingerprint density at radius 2 is 0.955 bits per heavy atom. The third-order valence-electron chi connectivity index (χ3n) is 10.9. The van der Waals surface area contributed by atoms with Gasteiger partial charge in [0.1, 0.15) is 12.1 Å². The zero-order chi connectivity index (χ0) is 47.2. The third kappa shape index (κ3) is 14.1. The predicted octanol–water partition coefficient (Wildman–Crippen LogP) is 12.2. The Morgan fingerprint density at radius 3 is 1.34 bits per heavy atom. The number of nitrogens with zero attached hydrogens (tertiary/aromatic N) is 4. The van der Waals surface area contributed by atoms with E-state index in [9.17, 15) is 19.8 Å². The van der Waals surface area contributed by atoms with Crippen molar-refractivity contribution in [3.8, 4) is 0 Å². The van der Waals surface area contributed by atoms with Crippen LogP contribution in [0.2, 0.25) is 10.0 Å². The molecule has 6 aromatic rings. The summed E-state index contributed by atoms with van der Waals surface area (Å²) in [5, 5.41) is 19.9. The first-order valence-corrected chi connectivity index (χ1v) is 23.0. The molecule has 0 radical (unpaired) electrons. The van der Waals surface area contributed by atoms with E-state index in [0.29, 0.717) is 22.9 Å². The maximum atomic E-state index is 13.4. The van der Waals surface area contributed by atoms with Crippen molar-refractivity contribution >= 4 is 73.7 Å². The zero-order valence-electron chi connectivity index (χ0n) is 38.1. The number of aliphatic hydroxyl groups excluding tert-OH is 2. The maximum Gasteiger partial charge on any atom is 2.00 e. The summed E-state index contributed by atoms with van der Waals surface area (Å²) in [6, 6.07) is 41.3. The summed E-state index contributed by atoms with van der Waals surface area (Å²) in [6.07, 6.45) is 1.96. The molecule has 2 N–H and O–H groups in total. The minimum Gasteiger partial charge on any atom is -0.392 e. The van der Waals surface area contributed by atoms with Crippen molar-refractivity contribution in [3.05, 3.63) is 212 Å². The topological polar surface area (TPSA) is 106 Å². The number of rotatable bonds is 9. The number of amides is 2. The Balaban J connectivity index is 0.000000322. The van der Waals surface area contributed by atoms with E-state index in [1.165, 1.54) is 5.56 Å². The molecule has 8 rings (SSSR count). The number of carbonyl (C=O) groups is 2. The molecule has 0 saturated heterocycles. The number of fused-ring (bicyclic) bond motifs is 2. The van der Waals surface area contributed by atoms with E-state index < -0.39 is 12.1 Å². The summed E-state index contributed by atoms with van der Waals surface area (Å²) in [6.45, 7) is 12.1. The fourth-order valence-electron chi connectivity index (χ4n) is 7.58. The number of benzene rings is 6. The van der Waals surface area contributed by atoms with Gasteiger partial charge in [0, 0.05) is 63.7 Å². The number of aryl methyl sites for hydroxylation is 1. The van der Waals surface area contributed by atoms with Crippen LogP contribution in [0.25, 0.3) is 0 Å². The quantitative estimate of drug-likeness (QED) is 0.111. The van der Waals surface area contributed by atoms with Crippen LogP contribution >= 0.6 is 39.1 Å². The van der Waals surface area contributed by atoms with E-state index in [1.807, 2.05) is 109 Å². The second kappa shape index (κ2) is 27.3. The largest absolute Gasteiger partial charge is 2.00 e. The van der Waals surface area contributed by atoms with Gasteiger partial charge >= 0.3 is 19.5 Å². The fraction of sp³-hybridized carbons (Fsp3) is 0.236. The normalized spacial score (nSPS) is 14.8. The first-order valence-electron chi connectivity index (χ1n) is 21.4. The minimum atomic E-state index is -0.567. The van der Waals surface area contributed by atoms with Crippen LogP contribution in [0.4, 0.5) is 11.4 Å². The number of hydrogen-bond donors (Lipinski definition) is 2. The van der Waals surface area contributed by atoms with Crippen LogP contribution in [0.15, 0.2) is 148 Å². The van der Waals surface area contributed by atoms with Crippen molar-refractivity contribution in [3.63, 3.8) is 0 Å². The molecule has 12 heteroatoms. The van der Waals surface area contributed by atoms with Crippen molar-refractivity contribution in [2.24, 2.45) is 9.98 Å². The number of aliphatic imine (C=N–C) groups is 2. The van der Waals surface area contributed by atoms with Crippen molar-refractivity contribution in [1.29, 1.82) is 0 Å². The Kier molecular flexibility index (Phi) is 23.0. The second-order valence-electron chi connectivity index (χ2n) is 15.0. The Hall–Kier alpha value is -4.80. The summed E-state index contributed by atoms with van der Waals surface area (Å²) >= 11 is 16.1. The monoisotopic (exact) mass is 1050 g/mol. The van der Waals surface area contributed by atoms with Gasteiger partial charge < -0.3 is 33.9 Å². The zero-order valence-corrected chi connectivity index (χ0v) is 44.2. The van der Waals surface area contributed by atoms with Gasteiger partial charge in [-0.2, -0.15) is 13.8 Å². The summed E-state index contributed by atoms with van der Waals surface area (Å²) in [5.41, 5.74) is 11.4. The fourth-order valence-corrected chi connectivity index (χ4v) is 8.37. The van der Waals surface area contributed by atoms with E-state index in [0.717, 1.165) is 78.2 Å². The van der Waals surface area contributed by atoms with Gasteiger partial charge in [-0.3, -0.25) is 19.6 Å². The molecule has 2 amide bonds. The van der Waals surface area contributed by atoms with Crippen LogP contribution in [0, 0.1) is 13.8 Å². The van der Waals surface area contributed by atoms with Gasteiger partial charge in [-0.15, -0.1) is 0 Å². The Bertz CT molecular complexity index is 2640. The van der Waals surface area contributed by atoms with Crippen LogP contribution in [0.5, 0.6) is 0 Å². The number of halogens is 3. The van der Waals surface area contributed by atoms with Crippen LogP contribution < -0.4 is 9.80 Å². The number of hydrogen-bond acceptors (Lipinski definition) is 6. The van der Waals surface area contributed by atoms with Gasteiger partial charge in [-0.05, 0) is 82.8 Å². The number of anilines is 2. The standard InChI is InChI=1S/C26H25ClN2O2.C24H20BrClN2O2.2C2H5.CH4.Zn/c1-3-17-5-4-6-19(13-17)14-23-26(31)29(2)24-12-11-21(27)15-22(24)25(28-23)20-9-7-18(16-30)8-10-20;1-28-22-10-9-19(26)13-20(22)23(17-7-5-15(14-29)6-8-17)27-21(24(28)30)12-16-3-2-4-18(25)11-16;2*1-2;;/h4-13,15,23,30H,3,14,16H2,1-2H3;2-11,13,21,29H,12,14H2,1H3;2*1H2,2H3;1H4;/q;;2*-1;;+2. The van der Waals surface area contributed by atoms with Crippen molar-refractivity contribution in [2.45, 2.75) is 72.8 Å². The molecule has 6 aromatic carbocycles. The number of benzodiazepines with no additional fused rings is 2. The number of aliphatic hydroxyl groups is 2. The Morgan fingerprint density at radius 1 is 0.567 bits per heavy atom. The van der Waals surface area contributed by atoms with Gasteiger partial charge in [0.2, 0.25) is 0 Å². The molecule has 2 atom stereocenters. The number of carbonyl (C=O) groups excluding carboxylic acids is 2. The molecule has 0 aliphatic carbocycles. The third-order valence-corrected chi connectivity index (χ3v) is 11.9.